The van der Waals surface area contributed by atoms with Crippen LogP contribution >= 0.6 is 0 Å². The number of hydrogen-bond acceptors (Lipinski definition) is 5. The van der Waals surface area contributed by atoms with Crippen LogP contribution in [0.1, 0.15) is 19.4 Å². The minimum atomic E-state index is -0.309. The van der Waals surface area contributed by atoms with Gasteiger partial charge in [-0.05, 0) is 31.5 Å². The van der Waals surface area contributed by atoms with Crippen LogP contribution in [0.25, 0.3) is 0 Å². The van der Waals surface area contributed by atoms with E-state index in [1.54, 1.807) is 19.1 Å². The highest BCUT2D eigenvalue weighted by molar-refractivity contribution is 6.00. The third-order valence-electron chi connectivity index (χ3n) is 2.79. The molecule has 17 heavy (non-hydrogen) atoms. The molecule has 0 fully saturated rings. The fraction of sp³-hybridized carbons (Fsp3) is 0.250. The SMILES string of the molecule is CC(=O)C1=C(C)N(O)c2ccc(C)cc2N1O. The molecule has 0 saturated heterocycles. The van der Waals surface area contributed by atoms with Gasteiger partial charge in [0, 0.05) is 6.92 Å². The van der Waals surface area contributed by atoms with Gasteiger partial charge in [0.15, 0.2) is 5.78 Å². The van der Waals surface area contributed by atoms with Gasteiger partial charge < -0.3 is 0 Å². The second-order valence-electron chi connectivity index (χ2n) is 4.11. The molecule has 0 unspecified atom stereocenters. The first-order valence-electron chi connectivity index (χ1n) is 5.24. The summed E-state index contributed by atoms with van der Waals surface area (Å²) in [7, 11) is 0. The average Bonchev–Trinajstić information content (AvgIpc) is 2.26. The fourth-order valence-electron chi connectivity index (χ4n) is 1.94. The summed E-state index contributed by atoms with van der Waals surface area (Å²) in [5, 5.41) is 21.7. The number of Topliss-reactive ketones (excluding diaryl/α,β-unsaturated/α-hetero) is 1. The van der Waals surface area contributed by atoms with Gasteiger partial charge in [-0.25, -0.2) is 10.1 Å². The second kappa shape index (κ2) is 3.87. The Kier molecular flexibility index (Phi) is 2.65. The molecule has 0 radical (unpaired) electrons. The number of hydrogen-bond donors (Lipinski definition) is 2. The van der Waals surface area contributed by atoms with E-state index in [0.717, 1.165) is 15.7 Å². The molecule has 0 bridgehead atoms. The third-order valence-corrected chi connectivity index (χ3v) is 2.79. The molecular weight excluding hydrogens is 220 g/mol. The van der Waals surface area contributed by atoms with Crippen molar-refractivity contribution in [2.75, 3.05) is 10.1 Å². The molecule has 5 heteroatoms. The number of rotatable bonds is 1. The minimum Gasteiger partial charge on any atom is -0.293 e. The molecule has 1 aliphatic rings. The van der Waals surface area contributed by atoms with Gasteiger partial charge in [-0.3, -0.25) is 15.2 Å². The number of allylic oxidation sites excluding steroid dienone is 2. The van der Waals surface area contributed by atoms with Crippen molar-refractivity contribution < 1.29 is 15.2 Å². The van der Waals surface area contributed by atoms with Crippen LogP contribution in [0.5, 0.6) is 0 Å². The Balaban J connectivity index is 2.64. The van der Waals surface area contributed by atoms with Crippen molar-refractivity contribution in [2.24, 2.45) is 0 Å². The van der Waals surface area contributed by atoms with Crippen molar-refractivity contribution in [1.29, 1.82) is 0 Å². The molecule has 0 amide bonds. The summed E-state index contributed by atoms with van der Waals surface area (Å²) < 4.78 is 0. The van der Waals surface area contributed by atoms with Gasteiger partial charge in [-0.2, -0.15) is 0 Å². The molecule has 0 atom stereocenters. The predicted molar refractivity (Wildman–Crippen MR) is 63.1 cm³/mol. The first-order chi connectivity index (χ1) is 7.93. The summed E-state index contributed by atoms with van der Waals surface area (Å²) in [6.07, 6.45) is 0. The lowest BCUT2D eigenvalue weighted by molar-refractivity contribution is -0.114. The smallest absolute Gasteiger partial charge is 0.180 e. The largest absolute Gasteiger partial charge is 0.293 e. The van der Waals surface area contributed by atoms with E-state index in [1.807, 2.05) is 13.0 Å². The summed E-state index contributed by atoms with van der Waals surface area (Å²) in [6.45, 7) is 4.79. The molecule has 1 aromatic rings. The molecule has 0 spiro atoms. The van der Waals surface area contributed by atoms with Gasteiger partial charge in [-0.1, -0.05) is 6.07 Å². The molecule has 5 nitrogen and oxygen atoms in total. The maximum Gasteiger partial charge on any atom is 0.180 e. The Bertz CT molecular complexity index is 522. The quantitative estimate of drug-likeness (QED) is 0.780. The number of carbonyl (C=O) groups excluding carboxylic acids is 1. The molecule has 2 rings (SSSR count). The van der Waals surface area contributed by atoms with Gasteiger partial charge in [0.05, 0.1) is 17.1 Å². The Morgan fingerprint density at radius 1 is 1.12 bits per heavy atom. The molecule has 0 saturated carbocycles. The number of anilines is 2. The van der Waals surface area contributed by atoms with Crippen LogP contribution in [0.15, 0.2) is 29.6 Å². The van der Waals surface area contributed by atoms with E-state index in [1.165, 1.54) is 6.92 Å². The lowest BCUT2D eigenvalue weighted by Crippen LogP contribution is -2.34. The highest BCUT2D eigenvalue weighted by atomic mass is 16.5. The van der Waals surface area contributed by atoms with Crippen molar-refractivity contribution in [3.63, 3.8) is 0 Å². The van der Waals surface area contributed by atoms with Gasteiger partial charge in [0.25, 0.3) is 0 Å². The Labute approximate surface area is 99.1 Å². The maximum atomic E-state index is 11.5. The maximum absolute atomic E-state index is 11.5. The average molecular weight is 234 g/mol. The van der Waals surface area contributed by atoms with E-state index in [-0.39, 0.29) is 11.5 Å². The number of hydroxylamine groups is 2. The molecule has 2 N–H and O–H groups in total. The normalized spacial score (nSPS) is 15.1. The van der Waals surface area contributed by atoms with E-state index in [0.29, 0.717) is 17.1 Å². The highest BCUT2D eigenvalue weighted by Gasteiger charge is 2.29. The molecule has 90 valence electrons. The summed E-state index contributed by atoms with van der Waals surface area (Å²) in [6, 6.07) is 5.21. The Hall–Kier alpha value is -1.85. The second-order valence-corrected chi connectivity index (χ2v) is 4.11. The molecule has 0 aromatic heterocycles. The zero-order valence-electron chi connectivity index (χ0n) is 9.93. The fourth-order valence-corrected chi connectivity index (χ4v) is 1.94. The molecule has 1 aliphatic heterocycles. The summed E-state index contributed by atoms with van der Waals surface area (Å²) in [5.74, 6) is -0.309. The number of ketones is 1. The monoisotopic (exact) mass is 234 g/mol. The lowest BCUT2D eigenvalue weighted by Gasteiger charge is -2.33. The van der Waals surface area contributed by atoms with Crippen molar-refractivity contribution in [3.8, 4) is 0 Å². The minimum absolute atomic E-state index is 0.0746. The topological polar surface area (TPSA) is 64.0 Å². The Morgan fingerprint density at radius 2 is 1.76 bits per heavy atom. The number of nitrogens with zero attached hydrogens (tertiary/aromatic N) is 2. The van der Waals surface area contributed by atoms with Gasteiger partial charge in [0.2, 0.25) is 0 Å². The van der Waals surface area contributed by atoms with Gasteiger partial charge in [-0.15, -0.1) is 0 Å². The summed E-state index contributed by atoms with van der Waals surface area (Å²) in [4.78, 5) is 11.5. The van der Waals surface area contributed by atoms with Crippen molar-refractivity contribution in [3.05, 3.63) is 35.2 Å². The number of benzene rings is 1. The number of carbonyl (C=O) groups is 1. The van der Waals surface area contributed by atoms with Crippen LogP contribution in [-0.2, 0) is 4.79 Å². The third kappa shape index (κ3) is 1.69. The summed E-state index contributed by atoms with van der Waals surface area (Å²) >= 11 is 0. The van der Waals surface area contributed by atoms with E-state index in [9.17, 15) is 15.2 Å². The first kappa shape index (κ1) is 11.6. The molecule has 1 heterocycles. The van der Waals surface area contributed by atoms with Crippen molar-refractivity contribution >= 4 is 17.2 Å². The van der Waals surface area contributed by atoms with Crippen molar-refractivity contribution in [2.45, 2.75) is 20.8 Å². The van der Waals surface area contributed by atoms with Crippen LogP contribution in [0.3, 0.4) is 0 Å². The van der Waals surface area contributed by atoms with E-state index >= 15 is 0 Å². The van der Waals surface area contributed by atoms with Crippen molar-refractivity contribution in [1.82, 2.24) is 0 Å². The van der Waals surface area contributed by atoms with Crippen LogP contribution in [0.2, 0.25) is 0 Å². The standard InChI is InChI=1S/C12H14N2O3/c1-7-4-5-10-11(6-7)14(17)12(9(3)15)8(2)13(10)16/h4-6,16-17H,1-3H3. The predicted octanol–water partition coefficient (Wildman–Crippen LogP) is 2.22. The van der Waals surface area contributed by atoms with E-state index in [4.69, 9.17) is 0 Å². The first-order valence-corrected chi connectivity index (χ1v) is 5.24. The molecule has 0 aliphatic carbocycles. The Morgan fingerprint density at radius 3 is 2.35 bits per heavy atom. The van der Waals surface area contributed by atoms with Crippen LogP contribution < -0.4 is 10.1 Å². The molecular formula is C12H14N2O3. The zero-order chi connectivity index (χ0) is 12.7. The van der Waals surface area contributed by atoms with Crippen LogP contribution in [0, 0.1) is 6.92 Å². The van der Waals surface area contributed by atoms with Gasteiger partial charge >= 0.3 is 0 Å². The molecule has 1 aromatic carbocycles. The zero-order valence-corrected chi connectivity index (χ0v) is 9.93. The van der Waals surface area contributed by atoms with Gasteiger partial charge in [0.1, 0.15) is 5.70 Å². The van der Waals surface area contributed by atoms with E-state index < -0.39 is 0 Å². The number of fused-ring (bicyclic) bond motifs is 1. The lowest BCUT2D eigenvalue weighted by atomic mass is 10.1. The number of aryl methyl sites for hydroxylation is 1. The highest BCUT2D eigenvalue weighted by Crippen LogP contribution is 2.38. The van der Waals surface area contributed by atoms with Crippen LogP contribution in [-0.4, -0.2) is 16.2 Å². The van der Waals surface area contributed by atoms with E-state index in [2.05, 4.69) is 0 Å². The van der Waals surface area contributed by atoms with Crippen LogP contribution in [0.4, 0.5) is 11.4 Å². The summed E-state index contributed by atoms with van der Waals surface area (Å²) in [5.41, 5.74) is 2.14.